The van der Waals surface area contributed by atoms with Gasteiger partial charge in [0.05, 0.1) is 21.2 Å². The predicted octanol–water partition coefficient (Wildman–Crippen LogP) is 3.86. The first-order chi connectivity index (χ1) is 7.41. The minimum atomic E-state index is -0.220. The number of carbonyl (C=O) groups excluding carboxylic acids is 1. The molecule has 0 aliphatic heterocycles. The third kappa shape index (κ3) is 3.71. The number of nitrogens with one attached hydrogen (secondary N) is 1. The molecule has 1 aromatic heterocycles. The van der Waals surface area contributed by atoms with Gasteiger partial charge in [0.25, 0.3) is 0 Å². The number of pyridine rings is 1. The van der Waals surface area contributed by atoms with E-state index in [1.165, 1.54) is 6.20 Å². The van der Waals surface area contributed by atoms with Crippen LogP contribution in [0.4, 0.5) is 5.69 Å². The zero-order chi connectivity index (χ0) is 12.3. The van der Waals surface area contributed by atoms with Gasteiger partial charge in [-0.2, -0.15) is 0 Å². The van der Waals surface area contributed by atoms with Gasteiger partial charge in [-0.1, -0.05) is 41.4 Å². The van der Waals surface area contributed by atoms with Gasteiger partial charge in [0.2, 0.25) is 5.91 Å². The van der Waals surface area contributed by atoms with Gasteiger partial charge in [-0.3, -0.25) is 4.79 Å². The molecule has 3 nitrogen and oxygen atoms in total. The number of anilines is 1. The Kier molecular flexibility index (Phi) is 5.21. The van der Waals surface area contributed by atoms with Crippen molar-refractivity contribution >= 4 is 55.1 Å². The standard InChI is InChI=1S/C10H11Br2ClN2O/c1-5(2)8(12)10(16)15-6-3-7(11)9(13)14-4-6/h3-5,8H,1-2H3,(H,15,16). The van der Waals surface area contributed by atoms with E-state index in [0.717, 1.165) is 0 Å². The molecule has 0 bridgehead atoms. The lowest BCUT2D eigenvalue weighted by Crippen LogP contribution is -2.27. The monoisotopic (exact) mass is 368 g/mol. The summed E-state index contributed by atoms with van der Waals surface area (Å²) in [6.45, 7) is 3.93. The van der Waals surface area contributed by atoms with Crippen molar-refractivity contribution in [3.63, 3.8) is 0 Å². The van der Waals surface area contributed by atoms with Gasteiger partial charge in [0.15, 0.2) is 0 Å². The molecule has 1 atom stereocenters. The minimum absolute atomic E-state index is 0.0916. The Balaban J connectivity index is 2.74. The normalized spacial score (nSPS) is 12.6. The summed E-state index contributed by atoms with van der Waals surface area (Å²) in [5.74, 6) is 0.134. The summed E-state index contributed by atoms with van der Waals surface area (Å²) in [5, 5.41) is 3.13. The molecule has 0 fully saturated rings. The molecule has 1 amide bonds. The van der Waals surface area contributed by atoms with Crippen molar-refractivity contribution in [1.29, 1.82) is 0 Å². The topological polar surface area (TPSA) is 42.0 Å². The van der Waals surface area contributed by atoms with E-state index in [9.17, 15) is 4.79 Å². The lowest BCUT2D eigenvalue weighted by Gasteiger charge is -2.13. The summed E-state index contributed by atoms with van der Waals surface area (Å²) in [4.78, 5) is 15.4. The number of nitrogens with zero attached hydrogens (tertiary/aromatic N) is 1. The van der Waals surface area contributed by atoms with Crippen molar-refractivity contribution in [1.82, 2.24) is 4.98 Å². The van der Waals surface area contributed by atoms with Crippen molar-refractivity contribution in [2.75, 3.05) is 5.32 Å². The third-order valence-corrected chi connectivity index (χ3v) is 4.51. The van der Waals surface area contributed by atoms with Crippen LogP contribution in [0.5, 0.6) is 0 Å². The van der Waals surface area contributed by atoms with Crippen LogP contribution in [0.3, 0.4) is 0 Å². The Labute approximate surface area is 116 Å². The second-order valence-corrected chi connectivity index (χ2v) is 5.83. The Morgan fingerprint density at radius 1 is 1.56 bits per heavy atom. The highest BCUT2D eigenvalue weighted by atomic mass is 79.9. The van der Waals surface area contributed by atoms with E-state index in [4.69, 9.17) is 11.6 Å². The molecular weight excluding hydrogens is 359 g/mol. The van der Waals surface area contributed by atoms with Crippen LogP contribution in [0.25, 0.3) is 0 Å². The molecule has 1 heterocycles. The number of amides is 1. The molecule has 0 spiro atoms. The van der Waals surface area contributed by atoms with Gasteiger partial charge < -0.3 is 5.32 Å². The van der Waals surface area contributed by atoms with Gasteiger partial charge in [-0.05, 0) is 27.9 Å². The highest BCUT2D eigenvalue weighted by Crippen LogP contribution is 2.23. The molecule has 0 saturated carbocycles. The molecule has 0 aliphatic rings. The number of rotatable bonds is 3. The highest BCUT2D eigenvalue weighted by molar-refractivity contribution is 9.10. The number of hydrogen-bond acceptors (Lipinski definition) is 2. The molecule has 0 saturated heterocycles. The smallest absolute Gasteiger partial charge is 0.238 e. The fourth-order valence-electron chi connectivity index (χ4n) is 1.00. The lowest BCUT2D eigenvalue weighted by molar-refractivity contribution is -0.116. The Morgan fingerprint density at radius 3 is 2.69 bits per heavy atom. The van der Waals surface area contributed by atoms with Crippen LogP contribution in [0.1, 0.15) is 13.8 Å². The quantitative estimate of drug-likeness (QED) is 0.649. The molecule has 0 aliphatic carbocycles. The van der Waals surface area contributed by atoms with Crippen molar-refractivity contribution in [2.24, 2.45) is 5.92 Å². The molecule has 16 heavy (non-hydrogen) atoms. The van der Waals surface area contributed by atoms with Crippen molar-refractivity contribution < 1.29 is 4.79 Å². The van der Waals surface area contributed by atoms with E-state index in [-0.39, 0.29) is 16.7 Å². The zero-order valence-corrected chi connectivity index (χ0v) is 12.7. The van der Waals surface area contributed by atoms with Crippen molar-refractivity contribution in [2.45, 2.75) is 18.7 Å². The highest BCUT2D eigenvalue weighted by Gasteiger charge is 2.18. The summed E-state index contributed by atoms with van der Waals surface area (Å²) in [5.41, 5.74) is 0.617. The third-order valence-electron chi connectivity index (χ3n) is 1.90. The maximum Gasteiger partial charge on any atom is 0.238 e. The van der Waals surface area contributed by atoms with Gasteiger partial charge in [0.1, 0.15) is 5.15 Å². The minimum Gasteiger partial charge on any atom is -0.324 e. The first kappa shape index (κ1) is 13.9. The first-order valence-electron chi connectivity index (χ1n) is 4.67. The van der Waals surface area contributed by atoms with Crippen LogP contribution < -0.4 is 5.32 Å². The van der Waals surface area contributed by atoms with Gasteiger partial charge in [-0.15, -0.1) is 0 Å². The van der Waals surface area contributed by atoms with Crippen molar-refractivity contribution in [3.8, 4) is 0 Å². The molecule has 6 heteroatoms. The van der Waals surface area contributed by atoms with E-state index >= 15 is 0 Å². The second kappa shape index (κ2) is 5.98. The molecule has 0 aromatic carbocycles. The summed E-state index contributed by atoms with van der Waals surface area (Å²) in [7, 11) is 0. The van der Waals surface area contributed by atoms with E-state index in [0.29, 0.717) is 15.3 Å². The van der Waals surface area contributed by atoms with Crippen molar-refractivity contribution in [3.05, 3.63) is 21.9 Å². The molecule has 1 aromatic rings. The summed E-state index contributed by atoms with van der Waals surface area (Å²) in [6.07, 6.45) is 1.52. The molecule has 1 rings (SSSR count). The molecule has 1 N–H and O–H groups in total. The van der Waals surface area contributed by atoms with E-state index in [2.05, 4.69) is 42.2 Å². The number of alkyl halides is 1. The van der Waals surface area contributed by atoms with Crippen LogP contribution in [0, 0.1) is 5.92 Å². The average Bonchev–Trinajstić information content (AvgIpc) is 2.22. The maximum atomic E-state index is 11.7. The van der Waals surface area contributed by atoms with Gasteiger partial charge >= 0.3 is 0 Å². The fourth-order valence-corrected chi connectivity index (χ4v) is 1.57. The molecule has 1 unspecified atom stereocenters. The van der Waals surface area contributed by atoms with Gasteiger partial charge in [0, 0.05) is 0 Å². The number of hydrogen-bond donors (Lipinski definition) is 1. The number of aromatic nitrogens is 1. The Bertz CT molecular complexity index is 398. The van der Waals surface area contributed by atoms with Crippen LogP contribution in [0.15, 0.2) is 16.7 Å². The molecule has 0 radical (unpaired) electrons. The first-order valence-corrected chi connectivity index (χ1v) is 6.76. The zero-order valence-electron chi connectivity index (χ0n) is 8.80. The predicted molar refractivity (Wildman–Crippen MR) is 73.1 cm³/mol. The van der Waals surface area contributed by atoms with Gasteiger partial charge in [-0.25, -0.2) is 4.98 Å². The number of halogens is 3. The maximum absolute atomic E-state index is 11.7. The fraction of sp³-hybridized carbons (Fsp3) is 0.400. The summed E-state index contributed by atoms with van der Waals surface area (Å²) < 4.78 is 0.655. The largest absolute Gasteiger partial charge is 0.324 e. The molecule has 88 valence electrons. The number of carbonyl (C=O) groups is 1. The van der Waals surface area contributed by atoms with Crippen LogP contribution in [-0.2, 0) is 4.79 Å². The van der Waals surface area contributed by atoms with E-state index in [1.54, 1.807) is 6.07 Å². The molecular formula is C10H11Br2ClN2O. The second-order valence-electron chi connectivity index (χ2n) is 3.63. The van der Waals surface area contributed by atoms with E-state index < -0.39 is 0 Å². The van der Waals surface area contributed by atoms with Crippen LogP contribution in [-0.4, -0.2) is 15.7 Å². The Hall–Kier alpha value is -0.130. The average molecular weight is 370 g/mol. The van der Waals surface area contributed by atoms with Crippen LogP contribution >= 0.6 is 43.5 Å². The summed E-state index contributed by atoms with van der Waals surface area (Å²) >= 11 is 12.3. The Morgan fingerprint density at radius 2 is 2.19 bits per heavy atom. The van der Waals surface area contributed by atoms with E-state index in [1.807, 2.05) is 13.8 Å². The van der Waals surface area contributed by atoms with Crippen LogP contribution in [0.2, 0.25) is 5.15 Å². The SMILES string of the molecule is CC(C)C(Br)C(=O)Nc1cnc(Cl)c(Br)c1. The lowest BCUT2D eigenvalue weighted by atomic mass is 10.1. The summed E-state index contributed by atoms with van der Waals surface area (Å²) in [6, 6.07) is 1.72.